The Morgan fingerprint density at radius 2 is 1.65 bits per heavy atom. The van der Waals surface area contributed by atoms with Crippen LogP contribution in [0.5, 0.6) is 5.75 Å². The zero-order chi connectivity index (χ0) is 18.4. The van der Waals surface area contributed by atoms with Crippen molar-refractivity contribution in [2.45, 2.75) is 6.92 Å². The number of benzene rings is 3. The Balaban J connectivity index is 1.59. The first-order valence-electron chi connectivity index (χ1n) is 8.35. The average molecular weight is 349 g/mol. The van der Waals surface area contributed by atoms with Crippen molar-refractivity contribution in [2.24, 2.45) is 0 Å². The quantitative estimate of drug-likeness (QED) is 0.682. The van der Waals surface area contributed by atoms with Crippen LogP contribution < -0.4 is 10.1 Å². The molecular weight excluding hydrogens is 330 g/mol. The summed E-state index contributed by atoms with van der Waals surface area (Å²) in [5.74, 6) is -0.195. The predicted octanol–water partition coefficient (Wildman–Crippen LogP) is 4.03. The van der Waals surface area contributed by atoms with Crippen LogP contribution in [0.1, 0.15) is 17.3 Å². The van der Waals surface area contributed by atoms with E-state index in [1.165, 1.54) is 0 Å². The van der Waals surface area contributed by atoms with E-state index in [-0.39, 0.29) is 6.61 Å². The van der Waals surface area contributed by atoms with E-state index < -0.39 is 11.9 Å². The first kappa shape index (κ1) is 17.5. The topological polar surface area (TPSA) is 64.6 Å². The molecule has 1 amide bonds. The Morgan fingerprint density at radius 3 is 2.42 bits per heavy atom. The summed E-state index contributed by atoms with van der Waals surface area (Å²) in [6, 6.07) is 19.9. The number of carbonyl (C=O) groups is 2. The average Bonchev–Trinajstić information content (AvgIpc) is 2.67. The number of ether oxygens (including phenoxy) is 2. The summed E-state index contributed by atoms with van der Waals surface area (Å²) in [6.45, 7) is 2.13. The third kappa shape index (κ3) is 4.19. The second-order valence-electron chi connectivity index (χ2n) is 5.61. The van der Waals surface area contributed by atoms with Crippen LogP contribution in [0.4, 0.5) is 5.69 Å². The number of hydrogen-bond donors (Lipinski definition) is 1. The van der Waals surface area contributed by atoms with Gasteiger partial charge in [-0.15, -0.1) is 0 Å². The number of hydrogen-bond acceptors (Lipinski definition) is 4. The van der Waals surface area contributed by atoms with Gasteiger partial charge in [0.1, 0.15) is 5.75 Å². The summed E-state index contributed by atoms with van der Waals surface area (Å²) in [6.07, 6.45) is 0. The minimum absolute atomic E-state index is 0.352. The fourth-order valence-corrected chi connectivity index (χ4v) is 2.61. The van der Waals surface area contributed by atoms with Gasteiger partial charge in [-0.1, -0.05) is 36.4 Å². The minimum Gasteiger partial charge on any atom is -0.494 e. The molecular formula is C21H19NO4. The van der Waals surface area contributed by atoms with E-state index in [2.05, 4.69) is 5.32 Å². The van der Waals surface area contributed by atoms with Crippen LogP contribution in [0.15, 0.2) is 66.7 Å². The van der Waals surface area contributed by atoms with Crippen molar-refractivity contribution < 1.29 is 19.1 Å². The SMILES string of the molecule is CCOc1ccc(NC(=O)COC(=O)c2cccc3ccccc23)cc1. The molecule has 0 aliphatic carbocycles. The molecule has 0 aliphatic heterocycles. The zero-order valence-corrected chi connectivity index (χ0v) is 14.4. The highest BCUT2D eigenvalue weighted by molar-refractivity contribution is 6.05. The highest BCUT2D eigenvalue weighted by atomic mass is 16.5. The van der Waals surface area contributed by atoms with Gasteiger partial charge in [0.15, 0.2) is 6.61 Å². The Kier molecular flexibility index (Phi) is 5.49. The van der Waals surface area contributed by atoms with Crippen molar-refractivity contribution in [1.29, 1.82) is 0 Å². The normalized spacial score (nSPS) is 10.3. The number of amides is 1. The highest BCUT2D eigenvalue weighted by Crippen LogP contribution is 2.19. The van der Waals surface area contributed by atoms with Crippen molar-refractivity contribution in [3.63, 3.8) is 0 Å². The first-order chi connectivity index (χ1) is 12.7. The Bertz CT molecular complexity index is 913. The van der Waals surface area contributed by atoms with Crippen molar-refractivity contribution in [3.8, 4) is 5.75 Å². The molecule has 0 aliphatic rings. The molecule has 0 atom stereocenters. The molecule has 1 N–H and O–H groups in total. The van der Waals surface area contributed by atoms with Gasteiger partial charge in [0.2, 0.25) is 0 Å². The standard InChI is InChI=1S/C21H19NO4/c1-2-25-17-12-10-16(11-13-17)22-20(23)14-26-21(24)19-9-5-7-15-6-3-4-8-18(15)19/h3-13H,2,14H2,1H3,(H,22,23). The van der Waals surface area contributed by atoms with E-state index in [0.717, 1.165) is 16.5 Å². The maximum absolute atomic E-state index is 12.3. The van der Waals surface area contributed by atoms with Crippen LogP contribution in [0.3, 0.4) is 0 Å². The van der Waals surface area contributed by atoms with E-state index in [9.17, 15) is 9.59 Å². The van der Waals surface area contributed by atoms with Gasteiger partial charge in [0, 0.05) is 5.69 Å². The summed E-state index contributed by atoms with van der Waals surface area (Å²) in [5.41, 5.74) is 1.05. The number of rotatable bonds is 6. The number of anilines is 1. The predicted molar refractivity (Wildman–Crippen MR) is 100 cm³/mol. The van der Waals surface area contributed by atoms with Gasteiger partial charge in [-0.3, -0.25) is 4.79 Å². The van der Waals surface area contributed by atoms with Gasteiger partial charge in [0.05, 0.1) is 12.2 Å². The Morgan fingerprint density at radius 1 is 0.923 bits per heavy atom. The lowest BCUT2D eigenvalue weighted by molar-refractivity contribution is -0.119. The summed E-state index contributed by atoms with van der Waals surface area (Å²) in [7, 11) is 0. The smallest absolute Gasteiger partial charge is 0.339 e. The van der Waals surface area contributed by atoms with E-state index in [1.54, 1.807) is 36.4 Å². The second-order valence-corrected chi connectivity index (χ2v) is 5.61. The molecule has 0 bridgehead atoms. The molecule has 3 rings (SSSR count). The number of nitrogens with one attached hydrogen (secondary N) is 1. The van der Waals surface area contributed by atoms with E-state index in [4.69, 9.17) is 9.47 Å². The molecule has 0 heterocycles. The molecule has 0 spiro atoms. The molecule has 26 heavy (non-hydrogen) atoms. The molecule has 0 saturated heterocycles. The van der Waals surface area contributed by atoms with Crippen molar-refractivity contribution in [1.82, 2.24) is 0 Å². The van der Waals surface area contributed by atoms with Crippen LogP contribution >= 0.6 is 0 Å². The lowest BCUT2D eigenvalue weighted by atomic mass is 10.1. The van der Waals surface area contributed by atoms with Gasteiger partial charge in [-0.25, -0.2) is 4.79 Å². The Labute approximate surface area is 151 Å². The van der Waals surface area contributed by atoms with Gasteiger partial charge in [-0.2, -0.15) is 0 Å². The lowest BCUT2D eigenvalue weighted by Crippen LogP contribution is -2.21. The van der Waals surface area contributed by atoms with Gasteiger partial charge >= 0.3 is 5.97 Å². The zero-order valence-electron chi connectivity index (χ0n) is 14.4. The molecule has 0 radical (unpaired) electrons. The monoisotopic (exact) mass is 349 g/mol. The maximum atomic E-state index is 12.3. The number of esters is 1. The molecule has 0 aromatic heterocycles. The molecule has 5 nitrogen and oxygen atoms in total. The fourth-order valence-electron chi connectivity index (χ4n) is 2.61. The Hall–Kier alpha value is -3.34. The summed E-state index contributed by atoms with van der Waals surface area (Å²) >= 11 is 0. The lowest BCUT2D eigenvalue weighted by Gasteiger charge is -2.09. The molecule has 3 aromatic carbocycles. The summed E-state index contributed by atoms with van der Waals surface area (Å²) < 4.78 is 10.5. The van der Waals surface area contributed by atoms with Crippen LogP contribution in [0.25, 0.3) is 10.8 Å². The van der Waals surface area contributed by atoms with Gasteiger partial charge < -0.3 is 14.8 Å². The van der Waals surface area contributed by atoms with Gasteiger partial charge in [-0.05, 0) is 48.0 Å². The largest absolute Gasteiger partial charge is 0.494 e. The first-order valence-corrected chi connectivity index (χ1v) is 8.35. The second kappa shape index (κ2) is 8.16. The van der Waals surface area contributed by atoms with E-state index in [1.807, 2.05) is 37.3 Å². The molecule has 0 fully saturated rings. The van der Waals surface area contributed by atoms with Crippen LogP contribution in [0.2, 0.25) is 0 Å². The molecule has 5 heteroatoms. The molecule has 0 saturated carbocycles. The third-order valence-electron chi connectivity index (χ3n) is 3.79. The van der Waals surface area contributed by atoms with Gasteiger partial charge in [0.25, 0.3) is 5.91 Å². The van der Waals surface area contributed by atoms with Crippen LogP contribution in [0, 0.1) is 0 Å². The molecule has 3 aromatic rings. The fraction of sp³-hybridized carbons (Fsp3) is 0.143. The van der Waals surface area contributed by atoms with E-state index >= 15 is 0 Å². The van der Waals surface area contributed by atoms with Crippen LogP contribution in [-0.2, 0) is 9.53 Å². The van der Waals surface area contributed by atoms with Crippen molar-refractivity contribution in [2.75, 3.05) is 18.5 Å². The summed E-state index contributed by atoms with van der Waals surface area (Å²) in [5, 5.41) is 4.43. The molecule has 0 unspecified atom stereocenters. The highest BCUT2D eigenvalue weighted by Gasteiger charge is 2.13. The molecule has 132 valence electrons. The minimum atomic E-state index is -0.524. The number of carbonyl (C=O) groups excluding carboxylic acids is 2. The van der Waals surface area contributed by atoms with E-state index in [0.29, 0.717) is 17.9 Å². The summed E-state index contributed by atoms with van der Waals surface area (Å²) in [4.78, 5) is 24.3. The number of fused-ring (bicyclic) bond motifs is 1. The van der Waals surface area contributed by atoms with Crippen LogP contribution in [-0.4, -0.2) is 25.1 Å². The van der Waals surface area contributed by atoms with Crippen molar-refractivity contribution in [3.05, 3.63) is 72.3 Å². The third-order valence-corrected chi connectivity index (χ3v) is 3.79. The maximum Gasteiger partial charge on any atom is 0.339 e. The van der Waals surface area contributed by atoms with Crippen molar-refractivity contribution >= 4 is 28.3 Å².